The first-order valence-corrected chi connectivity index (χ1v) is 4.82. The van der Waals surface area contributed by atoms with Gasteiger partial charge in [0.1, 0.15) is 0 Å². The lowest BCUT2D eigenvalue weighted by atomic mass is 10.1. The van der Waals surface area contributed by atoms with Gasteiger partial charge >= 0.3 is 0 Å². The monoisotopic (exact) mass is 156 g/mol. The van der Waals surface area contributed by atoms with E-state index in [0.717, 1.165) is 0 Å². The van der Waals surface area contributed by atoms with Gasteiger partial charge in [0.05, 0.1) is 6.17 Å². The van der Waals surface area contributed by atoms with Crippen molar-refractivity contribution in [2.45, 2.75) is 51.7 Å². The van der Waals surface area contributed by atoms with Crippen molar-refractivity contribution in [2.24, 2.45) is 0 Å². The maximum Gasteiger partial charge on any atom is 0.0573 e. The highest BCUT2D eigenvalue weighted by atomic mass is 15.1. The zero-order chi connectivity index (χ0) is 8.10. The minimum absolute atomic E-state index is 0.582. The zero-order valence-corrected chi connectivity index (χ0v) is 7.69. The average molecular weight is 156 g/mol. The van der Waals surface area contributed by atoms with E-state index in [4.69, 9.17) is 0 Å². The van der Waals surface area contributed by atoms with Crippen LogP contribution in [0, 0.1) is 0 Å². The van der Waals surface area contributed by atoms with Crippen LogP contribution in [0.15, 0.2) is 0 Å². The van der Waals surface area contributed by atoms with E-state index in [1.165, 1.54) is 32.2 Å². The average Bonchev–Trinajstić information content (AvgIpc) is 2.06. The lowest BCUT2D eigenvalue weighted by Crippen LogP contribution is -2.48. The van der Waals surface area contributed by atoms with Crippen molar-refractivity contribution < 1.29 is 0 Å². The molecule has 0 bridgehead atoms. The summed E-state index contributed by atoms with van der Waals surface area (Å²) in [6.07, 6.45) is 5.82. The minimum atomic E-state index is 0.582. The lowest BCUT2D eigenvalue weighted by Gasteiger charge is -2.27. The molecular formula is C9H20N2. The van der Waals surface area contributed by atoms with Gasteiger partial charge in [0.25, 0.3) is 0 Å². The van der Waals surface area contributed by atoms with Crippen LogP contribution in [0.4, 0.5) is 0 Å². The Morgan fingerprint density at radius 1 is 1.55 bits per heavy atom. The molecule has 2 heteroatoms. The highest BCUT2D eigenvalue weighted by Gasteiger charge is 2.12. The van der Waals surface area contributed by atoms with E-state index in [0.29, 0.717) is 12.2 Å². The van der Waals surface area contributed by atoms with Gasteiger partial charge in [-0.15, -0.1) is 0 Å². The predicted molar refractivity (Wildman–Crippen MR) is 48.5 cm³/mol. The molecule has 0 aromatic heterocycles. The summed E-state index contributed by atoms with van der Waals surface area (Å²) in [5, 5.41) is 7.03. The Kier molecular flexibility index (Phi) is 3.87. The first-order chi connectivity index (χ1) is 5.33. The molecular weight excluding hydrogens is 136 g/mol. The quantitative estimate of drug-likeness (QED) is 0.646. The molecule has 1 aliphatic rings. The van der Waals surface area contributed by atoms with Crippen molar-refractivity contribution in [1.29, 1.82) is 0 Å². The van der Waals surface area contributed by atoms with Gasteiger partial charge in [0, 0.05) is 6.04 Å². The highest BCUT2D eigenvalue weighted by molar-refractivity contribution is 4.72. The van der Waals surface area contributed by atoms with E-state index in [2.05, 4.69) is 24.5 Å². The molecule has 11 heavy (non-hydrogen) atoms. The Labute approximate surface area is 69.8 Å². The molecule has 66 valence electrons. The highest BCUT2D eigenvalue weighted by Crippen LogP contribution is 2.05. The van der Waals surface area contributed by atoms with Crippen LogP contribution in [0.2, 0.25) is 0 Å². The molecule has 0 radical (unpaired) electrons. The summed E-state index contributed by atoms with van der Waals surface area (Å²) in [4.78, 5) is 0. The molecule has 1 heterocycles. The van der Waals surface area contributed by atoms with Gasteiger partial charge in [-0.2, -0.15) is 0 Å². The van der Waals surface area contributed by atoms with Crippen LogP contribution in [0.3, 0.4) is 0 Å². The summed E-state index contributed by atoms with van der Waals surface area (Å²) in [6, 6.07) is 0.658. The largest absolute Gasteiger partial charge is 0.302 e. The van der Waals surface area contributed by atoms with Crippen molar-refractivity contribution in [2.75, 3.05) is 6.54 Å². The summed E-state index contributed by atoms with van der Waals surface area (Å²) >= 11 is 0. The number of hydrogen-bond acceptors (Lipinski definition) is 2. The third kappa shape index (κ3) is 3.21. The van der Waals surface area contributed by atoms with Crippen molar-refractivity contribution in [1.82, 2.24) is 10.6 Å². The predicted octanol–water partition coefficient (Wildman–Crippen LogP) is 1.47. The van der Waals surface area contributed by atoms with E-state index < -0.39 is 0 Å². The Bertz CT molecular complexity index is 97.7. The van der Waals surface area contributed by atoms with Crippen molar-refractivity contribution in [3.05, 3.63) is 0 Å². The van der Waals surface area contributed by atoms with Gasteiger partial charge in [-0.3, -0.25) is 5.32 Å². The van der Waals surface area contributed by atoms with Gasteiger partial charge < -0.3 is 5.32 Å². The normalized spacial score (nSPS) is 28.4. The van der Waals surface area contributed by atoms with Crippen LogP contribution in [0.25, 0.3) is 0 Å². The van der Waals surface area contributed by atoms with Gasteiger partial charge in [0.2, 0.25) is 0 Å². The van der Waals surface area contributed by atoms with Gasteiger partial charge in [-0.1, -0.05) is 6.92 Å². The molecule has 1 rings (SSSR count). The van der Waals surface area contributed by atoms with Crippen molar-refractivity contribution >= 4 is 0 Å². The Morgan fingerprint density at radius 2 is 2.36 bits per heavy atom. The van der Waals surface area contributed by atoms with Crippen molar-refractivity contribution in [3.8, 4) is 0 Å². The zero-order valence-electron chi connectivity index (χ0n) is 7.69. The topological polar surface area (TPSA) is 24.1 Å². The molecule has 0 amide bonds. The summed E-state index contributed by atoms with van der Waals surface area (Å²) in [5.41, 5.74) is 0. The molecule has 1 aliphatic heterocycles. The van der Waals surface area contributed by atoms with E-state index >= 15 is 0 Å². The number of piperidine rings is 1. The molecule has 2 N–H and O–H groups in total. The van der Waals surface area contributed by atoms with Crippen LogP contribution >= 0.6 is 0 Å². The second-order valence-corrected chi connectivity index (χ2v) is 3.48. The molecule has 0 spiro atoms. The van der Waals surface area contributed by atoms with Crippen LogP contribution in [-0.4, -0.2) is 18.8 Å². The third-order valence-corrected chi connectivity index (χ3v) is 2.41. The summed E-state index contributed by atoms with van der Waals surface area (Å²) in [7, 11) is 0. The van der Waals surface area contributed by atoms with Crippen LogP contribution in [0.1, 0.15) is 39.5 Å². The SMILES string of the molecule is CCC(C)NC1CCCCN1. The third-order valence-electron chi connectivity index (χ3n) is 2.41. The first-order valence-electron chi connectivity index (χ1n) is 4.82. The molecule has 0 saturated carbocycles. The second kappa shape index (κ2) is 4.73. The maximum absolute atomic E-state index is 3.56. The molecule has 2 unspecified atom stereocenters. The standard InChI is InChI=1S/C9H20N2/c1-3-8(2)11-9-6-4-5-7-10-9/h8-11H,3-7H2,1-2H3. The van der Waals surface area contributed by atoms with E-state index in [1.54, 1.807) is 0 Å². The summed E-state index contributed by atoms with van der Waals surface area (Å²) in [6.45, 7) is 5.66. The van der Waals surface area contributed by atoms with Crippen LogP contribution in [0.5, 0.6) is 0 Å². The van der Waals surface area contributed by atoms with E-state index in [1.807, 2.05) is 0 Å². The molecule has 1 fully saturated rings. The molecule has 0 aromatic rings. The second-order valence-electron chi connectivity index (χ2n) is 3.48. The number of nitrogens with one attached hydrogen (secondary N) is 2. The molecule has 0 aliphatic carbocycles. The Hall–Kier alpha value is -0.0800. The van der Waals surface area contributed by atoms with Gasteiger partial charge in [0.15, 0.2) is 0 Å². The first kappa shape index (κ1) is 9.01. The van der Waals surface area contributed by atoms with E-state index in [9.17, 15) is 0 Å². The van der Waals surface area contributed by atoms with Crippen LogP contribution < -0.4 is 10.6 Å². The summed E-state index contributed by atoms with van der Waals surface area (Å²) in [5.74, 6) is 0. The minimum Gasteiger partial charge on any atom is -0.302 e. The van der Waals surface area contributed by atoms with Crippen molar-refractivity contribution in [3.63, 3.8) is 0 Å². The van der Waals surface area contributed by atoms with Crippen LogP contribution in [-0.2, 0) is 0 Å². The summed E-state index contributed by atoms with van der Waals surface area (Å²) < 4.78 is 0. The molecule has 2 atom stereocenters. The fraction of sp³-hybridized carbons (Fsp3) is 1.00. The lowest BCUT2D eigenvalue weighted by molar-refractivity contribution is 0.314. The maximum atomic E-state index is 3.56. The fourth-order valence-corrected chi connectivity index (χ4v) is 1.46. The fourth-order valence-electron chi connectivity index (χ4n) is 1.46. The number of rotatable bonds is 3. The Morgan fingerprint density at radius 3 is 2.91 bits per heavy atom. The van der Waals surface area contributed by atoms with Gasteiger partial charge in [-0.25, -0.2) is 0 Å². The van der Waals surface area contributed by atoms with E-state index in [-0.39, 0.29) is 0 Å². The Balaban J connectivity index is 2.13. The molecule has 2 nitrogen and oxygen atoms in total. The number of hydrogen-bond donors (Lipinski definition) is 2. The smallest absolute Gasteiger partial charge is 0.0573 e. The van der Waals surface area contributed by atoms with Gasteiger partial charge in [-0.05, 0) is 39.2 Å². The molecule has 1 saturated heterocycles. The molecule has 0 aromatic carbocycles.